The summed E-state index contributed by atoms with van der Waals surface area (Å²) in [5.74, 6) is 2.10. The summed E-state index contributed by atoms with van der Waals surface area (Å²) in [5.41, 5.74) is 6.94. The van der Waals surface area contributed by atoms with Gasteiger partial charge < -0.3 is 19.8 Å². The Hall–Kier alpha value is -2.27. The van der Waals surface area contributed by atoms with Crippen molar-refractivity contribution in [1.82, 2.24) is 4.90 Å². The highest BCUT2D eigenvalue weighted by Crippen LogP contribution is 2.37. The molecule has 4 rings (SSSR count). The molecule has 5 nitrogen and oxygen atoms in total. The number of fused-ring (bicyclic) bond motifs is 1. The van der Waals surface area contributed by atoms with E-state index in [0.717, 1.165) is 37.2 Å². The molecule has 2 aliphatic rings. The second-order valence-corrected chi connectivity index (χ2v) is 6.75. The fourth-order valence-corrected chi connectivity index (χ4v) is 3.93. The van der Waals surface area contributed by atoms with Crippen LogP contribution < -0.4 is 10.5 Å². The molecule has 24 heavy (non-hydrogen) atoms. The minimum atomic E-state index is -0.0479. The number of ether oxygens (including phenoxy) is 1. The van der Waals surface area contributed by atoms with Crippen LogP contribution in [0.3, 0.4) is 0 Å². The van der Waals surface area contributed by atoms with E-state index in [-0.39, 0.29) is 11.9 Å². The molecule has 2 N–H and O–H groups in total. The van der Waals surface area contributed by atoms with Crippen LogP contribution in [-0.2, 0) is 6.61 Å². The number of rotatable bonds is 4. The topological polar surface area (TPSA) is 68.7 Å². The van der Waals surface area contributed by atoms with Crippen LogP contribution in [0.1, 0.15) is 29.0 Å². The van der Waals surface area contributed by atoms with Crippen LogP contribution in [0, 0.1) is 11.8 Å². The number of carbonyl (C=O) groups excluding carboxylic acids is 1. The number of likely N-dealkylation sites (tertiary alicyclic amines) is 1. The molecule has 2 heterocycles. The highest BCUT2D eigenvalue weighted by molar-refractivity contribution is 5.93. The van der Waals surface area contributed by atoms with Crippen LogP contribution in [0.25, 0.3) is 0 Å². The SMILES string of the molecule is NC1CCC2CN(C(=O)c3occc3COc3ccccc3)CC12. The van der Waals surface area contributed by atoms with Crippen LogP contribution >= 0.6 is 0 Å². The van der Waals surface area contributed by atoms with Gasteiger partial charge in [0.15, 0.2) is 5.76 Å². The monoisotopic (exact) mass is 326 g/mol. The number of hydrogen-bond acceptors (Lipinski definition) is 4. The maximum atomic E-state index is 12.8. The average Bonchev–Trinajstić information content (AvgIpc) is 3.31. The highest BCUT2D eigenvalue weighted by atomic mass is 16.5. The molecule has 2 fully saturated rings. The van der Waals surface area contributed by atoms with Crippen molar-refractivity contribution in [2.45, 2.75) is 25.5 Å². The summed E-state index contributed by atoms with van der Waals surface area (Å²) in [7, 11) is 0. The van der Waals surface area contributed by atoms with E-state index in [1.54, 1.807) is 12.3 Å². The number of carbonyl (C=O) groups is 1. The summed E-state index contributed by atoms with van der Waals surface area (Å²) in [5, 5.41) is 0. The van der Waals surface area contributed by atoms with Gasteiger partial charge in [-0.25, -0.2) is 0 Å². The third kappa shape index (κ3) is 2.80. The zero-order valence-corrected chi connectivity index (χ0v) is 13.6. The standard InChI is InChI=1S/C19H22N2O3/c20-17-7-6-13-10-21(11-16(13)17)19(22)18-14(8-9-23-18)12-24-15-4-2-1-3-5-15/h1-5,8-9,13,16-17H,6-7,10-12,20H2. The molecular weight excluding hydrogens is 304 g/mol. The van der Waals surface area contributed by atoms with Crippen molar-refractivity contribution in [3.05, 3.63) is 54.0 Å². The van der Waals surface area contributed by atoms with Crippen molar-refractivity contribution in [2.24, 2.45) is 17.6 Å². The molecule has 1 amide bonds. The van der Waals surface area contributed by atoms with Gasteiger partial charge in [-0.2, -0.15) is 0 Å². The van der Waals surface area contributed by atoms with Crippen LogP contribution in [0.15, 0.2) is 47.1 Å². The minimum absolute atomic E-state index is 0.0479. The van der Waals surface area contributed by atoms with Crippen molar-refractivity contribution in [2.75, 3.05) is 13.1 Å². The predicted molar refractivity (Wildman–Crippen MR) is 89.6 cm³/mol. The van der Waals surface area contributed by atoms with Crippen molar-refractivity contribution in [3.63, 3.8) is 0 Å². The van der Waals surface area contributed by atoms with Crippen molar-refractivity contribution < 1.29 is 13.9 Å². The van der Waals surface area contributed by atoms with Gasteiger partial charge in [-0.1, -0.05) is 18.2 Å². The number of nitrogens with zero attached hydrogens (tertiary/aromatic N) is 1. The highest BCUT2D eigenvalue weighted by Gasteiger charge is 2.43. The fraction of sp³-hybridized carbons (Fsp3) is 0.421. The average molecular weight is 326 g/mol. The molecule has 2 aromatic rings. The first kappa shape index (κ1) is 15.3. The van der Waals surface area contributed by atoms with E-state index in [2.05, 4.69) is 0 Å². The van der Waals surface area contributed by atoms with E-state index in [0.29, 0.717) is 24.2 Å². The van der Waals surface area contributed by atoms with E-state index in [4.69, 9.17) is 14.9 Å². The van der Waals surface area contributed by atoms with Gasteiger partial charge in [0.05, 0.1) is 6.26 Å². The zero-order chi connectivity index (χ0) is 16.5. The maximum absolute atomic E-state index is 12.8. The van der Waals surface area contributed by atoms with Gasteiger partial charge in [0.2, 0.25) is 0 Å². The fourth-order valence-electron chi connectivity index (χ4n) is 3.93. The largest absolute Gasteiger partial charge is 0.489 e. The molecule has 0 radical (unpaired) electrons. The number of furan rings is 1. The van der Waals surface area contributed by atoms with E-state index >= 15 is 0 Å². The molecule has 1 aliphatic carbocycles. The molecule has 1 aromatic carbocycles. The van der Waals surface area contributed by atoms with Crippen LogP contribution in [0.5, 0.6) is 5.75 Å². The Balaban J connectivity index is 1.43. The second-order valence-electron chi connectivity index (χ2n) is 6.75. The lowest BCUT2D eigenvalue weighted by Crippen LogP contribution is -2.33. The number of benzene rings is 1. The third-order valence-corrected chi connectivity index (χ3v) is 5.28. The number of para-hydroxylation sites is 1. The first-order valence-electron chi connectivity index (χ1n) is 8.51. The van der Waals surface area contributed by atoms with Gasteiger partial charge >= 0.3 is 0 Å². The summed E-state index contributed by atoms with van der Waals surface area (Å²) in [4.78, 5) is 14.7. The Morgan fingerprint density at radius 2 is 2.04 bits per heavy atom. The van der Waals surface area contributed by atoms with Crippen LogP contribution in [-0.4, -0.2) is 29.9 Å². The molecule has 1 saturated carbocycles. The van der Waals surface area contributed by atoms with Gasteiger partial charge in [-0.05, 0) is 42.9 Å². The molecule has 3 atom stereocenters. The molecule has 1 saturated heterocycles. The minimum Gasteiger partial charge on any atom is -0.489 e. The Morgan fingerprint density at radius 1 is 1.21 bits per heavy atom. The molecule has 1 aromatic heterocycles. The second kappa shape index (κ2) is 6.32. The molecule has 0 spiro atoms. The molecular formula is C19H22N2O3. The van der Waals surface area contributed by atoms with Gasteiger partial charge in [0.25, 0.3) is 5.91 Å². The van der Waals surface area contributed by atoms with Crippen molar-refractivity contribution in [3.8, 4) is 5.75 Å². The molecule has 126 valence electrons. The Labute approximate surface area is 141 Å². The Bertz CT molecular complexity index is 712. The number of nitrogens with two attached hydrogens (primary N) is 1. The van der Waals surface area contributed by atoms with Gasteiger partial charge in [-0.3, -0.25) is 4.79 Å². The van der Waals surface area contributed by atoms with Gasteiger partial charge in [-0.15, -0.1) is 0 Å². The van der Waals surface area contributed by atoms with Crippen LogP contribution in [0.2, 0.25) is 0 Å². The first-order valence-corrected chi connectivity index (χ1v) is 8.51. The zero-order valence-electron chi connectivity index (χ0n) is 13.6. The Morgan fingerprint density at radius 3 is 2.83 bits per heavy atom. The molecule has 5 heteroatoms. The van der Waals surface area contributed by atoms with Crippen LogP contribution in [0.4, 0.5) is 0 Å². The summed E-state index contributed by atoms with van der Waals surface area (Å²) in [6.07, 6.45) is 3.76. The van der Waals surface area contributed by atoms with E-state index < -0.39 is 0 Å². The quantitative estimate of drug-likeness (QED) is 0.938. The lowest BCUT2D eigenvalue weighted by Gasteiger charge is -2.18. The van der Waals surface area contributed by atoms with Crippen molar-refractivity contribution >= 4 is 5.91 Å². The normalized spacial score (nSPS) is 25.7. The summed E-state index contributed by atoms with van der Waals surface area (Å²) in [6, 6.07) is 11.6. The summed E-state index contributed by atoms with van der Waals surface area (Å²) >= 11 is 0. The lowest BCUT2D eigenvalue weighted by molar-refractivity contribution is 0.0744. The third-order valence-electron chi connectivity index (χ3n) is 5.28. The number of amides is 1. The van der Waals surface area contributed by atoms with Crippen molar-refractivity contribution in [1.29, 1.82) is 0 Å². The van der Waals surface area contributed by atoms with E-state index in [9.17, 15) is 4.79 Å². The van der Waals surface area contributed by atoms with E-state index in [1.807, 2.05) is 35.2 Å². The first-order chi connectivity index (χ1) is 11.7. The molecule has 1 aliphatic heterocycles. The molecule has 0 bridgehead atoms. The predicted octanol–water partition coefficient (Wildman–Crippen LogP) is 2.67. The number of hydrogen-bond donors (Lipinski definition) is 1. The lowest BCUT2D eigenvalue weighted by atomic mass is 9.98. The van der Waals surface area contributed by atoms with Gasteiger partial charge in [0.1, 0.15) is 12.4 Å². The smallest absolute Gasteiger partial charge is 0.289 e. The Kier molecular flexibility index (Phi) is 4.02. The van der Waals surface area contributed by atoms with Gasteiger partial charge in [0, 0.05) is 24.7 Å². The maximum Gasteiger partial charge on any atom is 0.289 e. The summed E-state index contributed by atoms with van der Waals surface area (Å²) in [6.45, 7) is 1.85. The van der Waals surface area contributed by atoms with E-state index in [1.165, 1.54) is 0 Å². The molecule has 3 unspecified atom stereocenters. The summed E-state index contributed by atoms with van der Waals surface area (Å²) < 4.78 is 11.2.